The molecule has 1 saturated heterocycles. The highest BCUT2D eigenvalue weighted by Crippen LogP contribution is 2.47. The van der Waals surface area contributed by atoms with Gasteiger partial charge in [-0.15, -0.1) is 0 Å². The van der Waals surface area contributed by atoms with E-state index in [0.29, 0.717) is 25.0 Å². The summed E-state index contributed by atoms with van der Waals surface area (Å²) in [4.78, 5) is 24.9. The molecule has 2 aliphatic heterocycles. The molecule has 0 aromatic carbocycles. The van der Waals surface area contributed by atoms with Gasteiger partial charge in [0.05, 0.1) is 11.3 Å². The van der Waals surface area contributed by atoms with Crippen molar-refractivity contribution in [3.8, 4) is 6.07 Å². The van der Waals surface area contributed by atoms with Crippen molar-refractivity contribution in [2.24, 2.45) is 11.8 Å². The third-order valence-corrected chi connectivity index (χ3v) is 8.61. The van der Waals surface area contributed by atoms with Crippen LogP contribution >= 0.6 is 0 Å². The molecule has 0 N–H and O–H groups in total. The number of hydrogen-bond acceptors (Lipinski definition) is 5. The zero-order valence-electron chi connectivity index (χ0n) is 21.2. The molecule has 1 atom stereocenters. The predicted molar refractivity (Wildman–Crippen MR) is 137 cm³/mol. The summed E-state index contributed by atoms with van der Waals surface area (Å²) in [5.74, 6) is 2.99. The third-order valence-electron chi connectivity index (χ3n) is 8.61. The molecule has 1 aromatic heterocycles. The standard InChI is InChI=1S/C29H37N5O/c1-3-5-27(35)32-13-12-22-23(16-30)29(31-28(21-10-11-21)24(22)17-32)33-14-15-34(25(4-2)19-6-7-19)26(18-33)20-8-9-20/h3-5,19-21,26H,6-15,17-18H2,1-2H3/b5-3+,25-4?/t26-/m0/s1. The zero-order chi connectivity index (χ0) is 24.1. The second-order valence-corrected chi connectivity index (χ2v) is 11.1. The number of aromatic nitrogens is 1. The summed E-state index contributed by atoms with van der Waals surface area (Å²) in [7, 11) is 0. The summed E-state index contributed by atoms with van der Waals surface area (Å²) >= 11 is 0. The van der Waals surface area contributed by atoms with E-state index in [1.165, 1.54) is 25.7 Å². The number of amides is 1. The van der Waals surface area contributed by atoms with Crippen LogP contribution in [0.2, 0.25) is 0 Å². The summed E-state index contributed by atoms with van der Waals surface area (Å²) in [5, 5.41) is 10.3. The van der Waals surface area contributed by atoms with E-state index in [2.05, 4.69) is 28.9 Å². The summed E-state index contributed by atoms with van der Waals surface area (Å²) < 4.78 is 0. The number of pyridine rings is 1. The first kappa shape index (κ1) is 22.6. The predicted octanol–water partition coefficient (Wildman–Crippen LogP) is 4.51. The molecule has 3 heterocycles. The fourth-order valence-electron chi connectivity index (χ4n) is 6.35. The van der Waals surface area contributed by atoms with Crippen LogP contribution in [0.15, 0.2) is 23.9 Å². The van der Waals surface area contributed by atoms with E-state index in [-0.39, 0.29) is 5.91 Å². The summed E-state index contributed by atoms with van der Waals surface area (Å²) in [6.07, 6.45) is 14.2. The maximum atomic E-state index is 12.6. The first-order valence-electron chi connectivity index (χ1n) is 13.7. The molecular formula is C29H37N5O. The van der Waals surface area contributed by atoms with Crippen molar-refractivity contribution in [1.29, 1.82) is 5.26 Å². The number of piperazine rings is 1. The number of rotatable bonds is 6. The van der Waals surface area contributed by atoms with E-state index < -0.39 is 0 Å². The molecule has 0 spiro atoms. The van der Waals surface area contributed by atoms with Crippen LogP contribution in [0.5, 0.6) is 0 Å². The molecule has 184 valence electrons. The molecule has 6 heteroatoms. The van der Waals surface area contributed by atoms with E-state index in [1.807, 2.05) is 11.8 Å². The quantitative estimate of drug-likeness (QED) is 0.572. The van der Waals surface area contributed by atoms with Gasteiger partial charge in [-0.2, -0.15) is 5.26 Å². The van der Waals surface area contributed by atoms with Gasteiger partial charge in [0.15, 0.2) is 0 Å². The van der Waals surface area contributed by atoms with Crippen LogP contribution < -0.4 is 4.90 Å². The lowest BCUT2D eigenvalue weighted by atomic mass is 9.91. The second kappa shape index (κ2) is 9.00. The zero-order valence-corrected chi connectivity index (χ0v) is 21.2. The number of nitrogens with zero attached hydrogens (tertiary/aromatic N) is 5. The van der Waals surface area contributed by atoms with Crippen molar-refractivity contribution in [1.82, 2.24) is 14.8 Å². The van der Waals surface area contributed by atoms with E-state index in [9.17, 15) is 10.1 Å². The minimum Gasteiger partial charge on any atom is -0.368 e. The summed E-state index contributed by atoms with van der Waals surface area (Å²) in [6.45, 7) is 8.24. The Bertz CT molecular complexity index is 1120. The number of anilines is 1. The minimum atomic E-state index is 0.0568. The van der Waals surface area contributed by atoms with Crippen LogP contribution in [-0.2, 0) is 17.8 Å². The largest absolute Gasteiger partial charge is 0.368 e. The number of carbonyl (C=O) groups is 1. The number of hydrogen-bond donors (Lipinski definition) is 0. The minimum absolute atomic E-state index is 0.0568. The fourth-order valence-corrected chi connectivity index (χ4v) is 6.35. The molecule has 0 bridgehead atoms. The number of nitriles is 1. The van der Waals surface area contributed by atoms with Gasteiger partial charge in [0.2, 0.25) is 5.91 Å². The fraction of sp³-hybridized carbons (Fsp3) is 0.621. The maximum absolute atomic E-state index is 12.6. The molecule has 0 radical (unpaired) electrons. The summed E-state index contributed by atoms with van der Waals surface area (Å²) in [5.41, 5.74) is 5.79. The highest BCUT2D eigenvalue weighted by Gasteiger charge is 2.43. The SMILES string of the molecule is CC=C(C1CC1)N1CCN(c2nc(C3CC3)c3c(c2C#N)CCN(C(=O)/C=C/C)C3)C[C@H]1C1CC1. The lowest BCUT2D eigenvalue weighted by molar-refractivity contribution is -0.126. The van der Waals surface area contributed by atoms with Crippen LogP contribution in [0.1, 0.15) is 80.7 Å². The topological polar surface area (TPSA) is 63.5 Å². The Morgan fingerprint density at radius 3 is 2.49 bits per heavy atom. The van der Waals surface area contributed by atoms with Crippen LogP contribution in [0, 0.1) is 23.2 Å². The van der Waals surface area contributed by atoms with Gasteiger partial charge in [0.25, 0.3) is 0 Å². The van der Waals surface area contributed by atoms with Crippen molar-refractivity contribution in [2.45, 2.75) is 77.3 Å². The summed E-state index contributed by atoms with van der Waals surface area (Å²) in [6, 6.07) is 3.09. The normalized spacial score (nSPS) is 25.1. The Hall–Kier alpha value is -2.81. The second-order valence-electron chi connectivity index (χ2n) is 11.1. The molecule has 3 saturated carbocycles. The molecule has 1 aromatic rings. The van der Waals surface area contributed by atoms with Gasteiger partial charge in [-0.05, 0) is 87.8 Å². The Labute approximate surface area is 209 Å². The first-order valence-corrected chi connectivity index (χ1v) is 13.7. The van der Waals surface area contributed by atoms with Gasteiger partial charge in [-0.25, -0.2) is 4.98 Å². The first-order chi connectivity index (χ1) is 17.1. The van der Waals surface area contributed by atoms with Crippen LogP contribution in [0.3, 0.4) is 0 Å². The Morgan fingerprint density at radius 1 is 1.06 bits per heavy atom. The molecule has 5 aliphatic rings. The highest BCUT2D eigenvalue weighted by atomic mass is 16.2. The molecule has 3 aliphatic carbocycles. The lowest BCUT2D eigenvalue weighted by Gasteiger charge is -2.45. The van der Waals surface area contributed by atoms with E-state index >= 15 is 0 Å². The van der Waals surface area contributed by atoms with Gasteiger partial charge in [-0.3, -0.25) is 4.79 Å². The molecular weight excluding hydrogens is 434 g/mol. The van der Waals surface area contributed by atoms with Crippen LogP contribution in [0.4, 0.5) is 5.82 Å². The Morgan fingerprint density at radius 2 is 1.86 bits per heavy atom. The smallest absolute Gasteiger partial charge is 0.246 e. The Kier molecular flexibility index (Phi) is 5.82. The van der Waals surface area contributed by atoms with Crippen molar-refractivity contribution >= 4 is 11.7 Å². The molecule has 1 amide bonds. The van der Waals surface area contributed by atoms with Gasteiger partial charge >= 0.3 is 0 Å². The number of allylic oxidation sites excluding steroid dienone is 3. The maximum Gasteiger partial charge on any atom is 0.246 e. The Balaban J connectivity index is 1.33. The van der Waals surface area contributed by atoms with Crippen molar-refractivity contribution in [3.63, 3.8) is 0 Å². The van der Waals surface area contributed by atoms with Crippen molar-refractivity contribution < 1.29 is 4.79 Å². The third kappa shape index (κ3) is 4.24. The van der Waals surface area contributed by atoms with Crippen LogP contribution in [-0.4, -0.2) is 52.9 Å². The molecule has 4 fully saturated rings. The monoisotopic (exact) mass is 471 g/mol. The average molecular weight is 472 g/mol. The van der Waals surface area contributed by atoms with Gasteiger partial charge < -0.3 is 14.7 Å². The van der Waals surface area contributed by atoms with E-state index in [0.717, 1.165) is 78.9 Å². The van der Waals surface area contributed by atoms with Crippen molar-refractivity contribution in [3.05, 3.63) is 46.3 Å². The molecule has 35 heavy (non-hydrogen) atoms. The van der Waals surface area contributed by atoms with Gasteiger partial charge in [0.1, 0.15) is 11.9 Å². The average Bonchev–Trinajstić information content (AvgIpc) is 3.71. The molecule has 6 nitrogen and oxygen atoms in total. The molecule has 6 rings (SSSR count). The van der Waals surface area contributed by atoms with E-state index in [4.69, 9.17) is 4.98 Å². The van der Waals surface area contributed by atoms with Crippen molar-refractivity contribution in [2.75, 3.05) is 31.1 Å². The van der Waals surface area contributed by atoms with E-state index in [1.54, 1.807) is 17.8 Å². The number of carbonyl (C=O) groups excluding carboxylic acids is 1. The lowest BCUT2D eigenvalue weighted by Crippen LogP contribution is -2.54. The van der Waals surface area contributed by atoms with Gasteiger partial charge in [-0.1, -0.05) is 12.2 Å². The van der Waals surface area contributed by atoms with Gasteiger partial charge in [0, 0.05) is 50.4 Å². The van der Waals surface area contributed by atoms with Crippen LogP contribution in [0.25, 0.3) is 0 Å². The molecule has 0 unspecified atom stereocenters. The number of fused-ring (bicyclic) bond motifs is 1. The highest BCUT2D eigenvalue weighted by molar-refractivity contribution is 5.87.